The highest BCUT2D eigenvalue weighted by atomic mass is 16.2. The van der Waals surface area contributed by atoms with Crippen molar-refractivity contribution in [3.8, 4) is 6.07 Å². The van der Waals surface area contributed by atoms with Gasteiger partial charge in [-0.05, 0) is 19.8 Å². The second-order valence-corrected chi connectivity index (χ2v) is 3.90. The Balaban J connectivity index is 1.93. The summed E-state index contributed by atoms with van der Waals surface area (Å²) >= 11 is 0. The predicted molar refractivity (Wildman–Crippen MR) is 52.5 cm³/mol. The highest BCUT2D eigenvalue weighted by Crippen LogP contribution is 2.44. The van der Waals surface area contributed by atoms with E-state index in [1.54, 1.807) is 6.20 Å². The smallest absolute Gasteiger partial charge is 0.240 e. The van der Waals surface area contributed by atoms with Gasteiger partial charge in [0.25, 0.3) is 0 Å². The lowest BCUT2D eigenvalue weighted by molar-refractivity contribution is -0.124. The molecular weight excluding hydrogens is 192 g/mol. The molecule has 0 bridgehead atoms. The number of nitrogens with zero attached hydrogens (tertiary/aromatic N) is 2. The van der Waals surface area contributed by atoms with E-state index in [0.717, 1.165) is 11.3 Å². The normalized spacial score (nSPS) is 16.8. The van der Waals surface area contributed by atoms with Crippen LogP contribution in [0.2, 0.25) is 0 Å². The number of carbonyl (C=O) groups is 1. The Morgan fingerprint density at radius 1 is 1.80 bits per heavy atom. The third kappa shape index (κ3) is 1.71. The van der Waals surface area contributed by atoms with Gasteiger partial charge in [-0.15, -0.1) is 0 Å². The Morgan fingerprint density at radius 3 is 3.00 bits per heavy atom. The lowest BCUT2D eigenvalue weighted by atomic mass is 10.1. The minimum absolute atomic E-state index is 0.161. The molecule has 1 aromatic rings. The van der Waals surface area contributed by atoms with Crippen LogP contribution in [0.25, 0.3) is 0 Å². The van der Waals surface area contributed by atoms with Crippen molar-refractivity contribution >= 4 is 5.91 Å². The van der Waals surface area contributed by atoms with E-state index >= 15 is 0 Å². The number of carbonyl (C=O) groups excluding carboxylic acids is 1. The zero-order chi connectivity index (χ0) is 10.9. The average Bonchev–Trinajstić information content (AvgIpc) is 2.94. The van der Waals surface area contributed by atoms with E-state index in [0.29, 0.717) is 19.4 Å². The van der Waals surface area contributed by atoms with Crippen LogP contribution in [0.4, 0.5) is 0 Å². The van der Waals surface area contributed by atoms with Crippen molar-refractivity contribution in [1.29, 1.82) is 5.26 Å². The third-order valence-electron chi connectivity index (χ3n) is 2.77. The molecule has 0 atom stereocenters. The second-order valence-electron chi connectivity index (χ2n) is 3.90. The molecule has 5 heteroatoms. The van der Waals surface area contributed by atoms with Crippen LogP contribution in [0.1, 0.15) is 24.1 Å². The Hall–Kier alpha value is -1.83. The van der Waals surface area contributed by atoms with Gasteiger partial charge < -0.3 is 5.32 Å². The van der Waals surface area contributed by atoms with Gasteiger partial charge in [0.1, 0.15) is 5.41 Å². The topological polar surface area (TPSA) is 81.6 Å². The number of hydrogen-bond donors (Lipinski definition) is 2. The van der Waals surface area contributed by atoms with Crippen LogP contribution in [0.5, 0.6) is 0 Å². The molecule has 0 saturated heterocycles. The van der Waals surface area contributed by atoms with Gasteiger partial charge in [-0.25, -0.2) is 0 Å². The zero-order valence-corrected chi connectivity index (χ0v) is 8.50. The summed E-state index contributed by atoms with van der Waals surface area (Å²) < 4.78 is 0. The fourth-order valence-electron chi connectivity index (χ4n) is 1.41. The molecule has 0 aromatic carbocycles. The quantitative estimate of drug-likeness (QED) is 0.758. The number of aromatic nitrogens is 2. The minimum Gasteiger partial charge on any atom is -0.351 e. The molecule has 1 aliphatic carbocycles. The lowest BCUT2D eigenvalue weighted by Crippen LogP contribution is -2.30. The molecule has 5 nitrogen and oxygen atoms in total. The van der Waals surface area contributed by atoms with Crippen molar-refractivity contribution in [2.75, 3.05) is 0 Å². The molecule has 15 heavy (non-hydrogen) atoms. The van der Waals surface area contributed by atoms with Crippen LogP contribution < -0.4 is 5.32 Å². The summed E-state index contributed by atoms with van der Waals surface area (Å²) in [6.07, 6.45) is 3.04. The molecule has 1 fully saturated rings. The third-order valence-corrected chi connectivity index (χ3v) is 2.77. The molecule has 1 aliphatic rings. The van der Waals surface area contributed by atoms with Gasteiger partial charge in [-0.3, -0.25) is 9.89 Å². The van der Waals surface area contributed by atoms with Gasteiger partial charge in [0.2, 0.25) is 5.91 Å². The number of H-pyrrole nitrogens is 1. The summed E-state index contributed by atoms with van der Waals surface area (Å²) in [5.74, 6) is -0.161. The van der Waals surface area contributed by atoms with Crippen molar-refractivity contribution in [2.45, 2.75) is 26.3 Å². The first-order valence-corrected chi connectivity index (χ1v) is 4.86. The average molecular weight is 204 g/mol. The second kappa shape index (κ2) is 3.39. The van der Waals surface area contributed by atoms with E-state index in [9.17, 15) is 4.79 Å². The summed E-state index contributed by atoms with van der Waals surface area (Å²) in [5.41, 5.74) is 1.16. The minimum atomic E-state index is -0.738. The Bertz CT molecular complexity index is 425. The molecule has 0 aliphatic heterocycles. The van der Waals surface area contributed by atoms with Crippen molar-refractivity contribution in [2.24, 2.45) is 5.41 Å². The summed E-state index contributed by atoms with van der Waals surface area (Å²) in [5, 5.41) is 18.2. The van der Waals surface area contributed by atoms with E-state index in [1.807, 2.05) is 6.92 Å². The van der Waals surface area contributed by atoms with E-state index < -0.39 is 5.41 Å². The standard InChI is InChI=1S/C10H12N4O/c1-7-8(5-13-14-7)4-12-9(15)10(6-11)2-3-10/h5H,2-4H2,1H3,(H,12,15)(H,13,14). The monoisotopic (exact) mass is 204 g/mol. The fraction of sp³-hybridized carbons (Fsp3) is 0.500. The molecule has 78 valence electrons. The summed E-state index contributed by atoms with van der Waals surface area (Å²) in [6, 6.07) is 2.06. The van der Waals surface area contributed by atoms with Gasteiger partial charge >= 0.3 is 0 Å². The number of hydrogen-bond acceptors (Lipinski definition) is 3. The van der Waals surface area contributed by atoms with Gasteiger partial charge in [-0.2, -0.15) is 10.4 Å². The SMILES string of the molecule is Cc1[nH]ncc1CNC(=O)C1(C#N)CC1. The van der Waals surface area contributed by atoms with Crippen LogP contribution in [-0.2, 0) is 11.3 Å². The molecule has 1 amide bonds. The maximum absolute atomic E-state index is 11.6. The number of nitrogens with one attached hydrogen (secondary N) is 2. The van der Waals surface area contributed by atoms with Crippen molar-refractivity contribution in [3.05, 3.63) is 17.5 Å². The largest absolute Gasteiger partial charge is 0.351 e. The van der Waals surface area contributed by atoms with Crippen LogP contribution in [-0.4, -0.2) is 16.1 Å². The van der Waals surface area contributed by atoms with Crippen LogP contribution in [0.3, 0.4) is 0 Å². The van der Waals surface area contributed by atoms with E-state index in [4.69, 9.17) is 5.26 Å². The molecular formula is C10H12N4O. The van der Waals surface area contributed by atoms with E-state index in [1.165, 1.54) is 0 Å². The molecule has 0 radical (unpaired) electrons. The first-order valence-electron chi connectivity index (χ1n) is 4.86. The molecule has 1 aromatic heterocycles. The van der Waals surface area contributed by atoms with E-state index in [-0.39, 0.29) is 5.91 Å². The van der Waals surface area contributed by atoms with Crippen molar-refractivity contribution < 1.29 is 4.79 Å². The van der Waals surface area contributed by atoms with Crippen LogP contribution in [0, 0.1) is 23.7 Å². The van der Waals surface area contributed by atoms with E-state index in [2.05, 4.69) is 21.6 Å². The molecule has 1 saturated carbocycles. The lowest BCUT2D eigenvalue weighted by Gasteiger charge is -2.06. The Kier molecular flexibility index (Phi) is 2.19. The molecule has 2 N–H and O–H groups in total. The van der Waals surface area contributed by atoms with Gasteiger partial charge in [0.05, 0.1) is 12.3 Å². The number of aromatic amines is 1. The predicted octanol–water partition coefficient (Wildman–Crippen LogP) is 0.638. The number of amides is 1. The molecule has 1 heterocycles. The first-order chi connectivity index (χ1) is 7.18. The highest BCUT2D eigenvalue weighted by molar-refractivity contribution is 5.88. The molecule has 0 unspecified atom stereocenters. The first kappa shape index (κ1) is 9.71. The van der Waals surface area contributed by atoms with Gasteiger partial charge in [0, 0.05) is 17.8 Å². The van der Waals surface area contributed by atoms with Crippen LogP contribution in [0.15, 0.2) is 6.20 Å². The zero-order valence-electron chi connectivity index (χ0n) is 8.50. The van der Waals surface area contributed by atoms with Crippen LogP contribution >= 0.6 is 0 Å². The maximum Gasteiger partial charge on any atom is 0.240 e. The summed E-state index contributed by atoms with van der Waals surface area (Å²) in [4.78, 5) is 11.6. The van der Waals surface area contributed by atoms with Crippen molar-refractivity contribution in [1.82, 2.24) is 15.5 Å². The van der Waals surface area contributed by atoms with Gasteiger partial charge in [-0.1, -0.05) is 0 Å². The van der Waals surface area contributed by atoms with Crippen molar-refractivity contribution in [3.63, 3.8) is 0 Å². The Labute approximate surface area is 87.5 Å². The number of rotatable bonds is 3. The van der Waals surface area contributed by atoms with Gasteiger partial charge in [0.15, 0.2) is 0 Å². The molecule has 2 rings (SSSR count). The Morgan fingerprint density at radius 2 is 2.53 bits per heavy atom. The maximum atomic E-state index is 11.6. The molecule has 0 spiro atoms. The number of aryl methyl sites for hydroxylation is 1. The summed E-state index contributed by atoms with van der Waals surface area (Å²) in [6.45, 7) is 2.33. The number of nitriles is 1. The summed E-state index contributed by atoms with van der Waals surface area (Å²) in [7, 11) is 0. The fourth-order valence-corrected chi connectivity index (χ4v) is 1.41. The highest BCUT2D eigenvalue weighted by Gasteiger charge is 2.50.